The van der Waals surface area contributed by atoms with Crippen LogP contribution >= 0.6 is 0 Å². The first kappa shape index (κ1) is 24.0. The minimum Gasteiger partial charge on any atom is -0.392 e. The molecule has 6 aliphatic rings. The molecule has 4 N–H and O–H groups in total. The van der Waals surface area contributed by atoms with Crippen molar-refractivity contribution in [1.82, 2.24) is 4.90 Å². The maximum absolute atomic E-state index is 12.6. The number of rotatable bonds is 6. The molecule has 1 spiro atoms. The van der Waals surface area contributed by atoms with Crippen molar-refractivity contribution in [3.8, 4) is 0 Å². The number of likely N-dealkylation sites (tertiary alicyclic amines) is 1. The minimum atomic E-state index is -1.43. The summed E-state index contributed by atoms with van der Waals surface area (Å²) in [6.07, 6.45) is -2.06. The summed E-state index contributed by atoms with van der Waals surface area (Å²) in [5.41, 5.74) is -3.83. The zero-order chi connectivity index (χ0) is 24.4. The highest BCUT2D eigenvalue weighted by Crippen LogP contribution is 2.79. The molecule has 14 atom stereocenters. The van der Waals surface area contributed by atoms with E-state index in [0.29, 0.717) is 26.0 Å². The van der Waals surface area contributed by atoms with E-state index in [1.807, 2.05) is 0 Å². The van der Waals surface area contributed by atoms with Gasteiger partial charge >= 0.3 is 0 Å². The SMILES string of the molecule is CCN1C[C@@]2(COC)C3C(OC)C4C1C3(C(OC)C[C@H]2O)C1C[C@@]2(O)C(O)C1[C@]4(O)C[C@@H]2OC. The Bertz CT molecular complexity index is 846. The maximum atomic E-state index is 12.6. The lowest BCUT2D eigenvalue weighted by atomic mass is 9.42. The van der Waals surface area contributed by atoms with E-state index in [4.69, 9.17) is 18.9 Å². The van der Waals surface area contributed by atoms with Gasteiger partial charge in [-0.25, -0.2) is 0 Å². The highest BCUT2D eigenvalue weighted by Gasteiger charge is 2.89. The number of methoxy groups -OCH3 is 4. The lowest BCUT2D eigenvalue weighted by Gasteiger charge is -2.70. The molecule has 194 valence electrons. The molecule has 6 fully saturated rings. The smallest absolute Gasteiger partial charge is 0.117 e. The van der Waals surface area contributed by atoms with E-state index in [1.165, 1.54) is 0 Å². The normalized spacial score (nSPS) is 61.7. The largest absolute Gasteiger partial charge is 0.392 e. The second-order valence-electron chi connectivity index (χ2n) is 12.0. The fourth-order valence-electron chi connectivity index (χ4n) is 10.9. The molecule has 9 nitrogen and oxygen atoms in total. The number of fused-ring (bicyclic) bond motifs is 2. The number of hydrogen-bond donors (Lipinski definition) is 4. The van der Waals surface area contributed by atoms with Crippen LogP contribution in [0.3, 0.4) is 0 Å². The summed E-state index contributed by atoms with van der Waals surface area (Å²) >= 11 is 0. The van der Waals surface area contributed by atoms with Crippen LogP contribution in [-0.2, 0) is 18.9 Å². The van der Waals surface area contributed by atoms with Gasteiger partial charge in [0, 0.05) is 82.5 Å². The van der Waals surface area contributed by atoms with Gasteiger partial charge in [-0.05, 0) is 18.9 Å². The second-order valence-corrected chi connectivity index (χ2v) is 12.0. The molecule has 9 unspecified atom stereocenters. The van der Waals surface area contributed by atoms with Gasteiger partial charge in [0.15, 0.2) is 0 Å². The molecule has 5 saturated carbocycles. The van der Waals surface area contributed by atoms with E-state index < -0.39 is 46.3 Å². The molecule has 0 aromatic heterocycles. The van der Waals surface area contributed by atoms with Gasteiger partial charge in [0.25, 0.3) is 0 Å². The van der Waals surface area contributed by atoms with Gasteiger partial charge in [-0.3, -0.25) is 4.90 Å². The minimum absolute atomic E-state index is 0.0636. The summed E-state index contributed by atoms with van der Waals surface area (Å²) in [5, 5.41) is 47.6. The molecule has 1 heterocycles. The molecule has 0 aromatic carbocycles. The fraction of sp³-hybridized carbons (Fsp3) is 1.00. The Morgan fingerprint density at radius 2 is 1.62 bits per heavy atom. The van der Waals surface area contributed by atoms with Crippen LogP contribution in [0.5, 0.6) is 0 Å². The quantitative estimate of drug-likeness (QED) is 0.386. The summed E-state index contributed by atoms with van der Waals surface area (Å²) in [6.45, 7) is 3.88. The van der Waals surface area contributed by atoms with Crippen LogP contribution < -0.4 is 0 Å². The first-order valence-corrected chi connectivity index (χ1v) is 12.8. The van der Waals surface area contributed by atoms with E-state index >= 15 is 0 Å². The van der Waals surface area contributed by atoms with Crippen LogP contribution in [0.4, 0.5) is 0 Å². The number of aliphatic hydroxyl groups excluding tert-OH is 2. The van der Waals surface area contributed by atoms with Crippen LogP contribution in [0.15, 0.2) is 0 Å². The standard InChI is InChI=1S/C25H41NO8/c1-6-26-10-22(11-31-2)13(27)7-14(32-3)25-12-8-23(29)15(33-4)9-24(30,16(12)21(23)28)17(20(25)26)18(34-5)19(22)25/h12-21,27-30H,6-11H2,1-5H3/t12?,13-,14?,15+,16?,17?,18?,19?,20?,21?,22+,23+,24-,25?/m1/s1. The van der Waals surface area contributed by atoms with E-state index in [1.54, 1.807) is 28.4 Å². The third-order valence-electron chi connectivity index (χ3n) is 11.6. The van der Waals surface area contributed by atoms with Crippen molar-refractivity contribution in [3.05, 3.63) is 0 Å². The number of hydrogen-bond acceptors (Lipinski definition) is 9. The molecule has 5 aliphatic carbocycles. The van der Waals surface area contributed by atoms with E-state index in [2.05, 4.69) is 11.8 Å². The van der Waals surface area contributed by atoms with Gasteiger partial charge in [-0.15, -0.1) is 0 Å². The highest BCUT2D eigenvalue weighted by atomic mass is 16.5. The number of aliphatic hydroxyl groups is 4. The van der Waals surface area contributed by atoms with E-state index in [-0.39, 0.29) is 42.4 Å². The van der Waals surface area contributed by atoms with Crippen molar-refractivity contribution < 1.29 is 39.4 Å². The highest BCUT2D eigenvalue weighted by molar-refractivity contribution is 5.38. The van der Waals surface area contributed by atoms with Gasteiger partial charge in [-0.1, -0.05) is 6.92 Å². The first-order valence-electron chi connectivity index (χ1n) is 12.8. The van der Waals surface area contributed by atoms with Crippen LogP contribution in [-0.4, -0.2) is 121 Å². The zero-order valence-corrected chi connectivity index (χ0v) is 20.9. The third kappa shape index (κ3) is 2.26. The Labute approximate surface area is 201 Å². The van der Waals surface area contributed by atoms with Crippen molar-refractivity contribution in [1.29, 1.82) is 0 Å². The molecule has 0 radical (unpaired) electrons. The lowest BCUT2D eigenvalue weighted by molar-refractivity contribution is -0.298. The van der Waals surface area contributed by atoms with E-state index in [0.717, 1.165) is 6.54 Å². The van der Waals surface area contributed by atoms with Crippen LogP contribution in [0.25, 0.3) is 0 Å². The molecule has 6 rings (SSSR count). The summed E-state index contributed by atoms with van der Waals surface area (Å²) in [7, 11) is 6.61. The van der Waals surface area contributed by atoms with Crippen LogP contribution in [0.2, 0.25) is 0 Å². The van der Waals surface area contributed by atoms with Crippen molar-refractivity contribution in [3.63, 3.8) is 0 Å². The molecule has 1 aliphatic heterocycles. The van der Waals surface area contributed by atoms with Crippen molar-refractivity contribution in [2.45, 2.75) is 73.9 Å². The van der Waals surface area contributed by atoms with Crippen molar-refractivity contribution >= 4 is 0 Å². The summed E-state index contributed by atoms with van der Waals surface area (Å²) in [4.78, 5) is 2.39. The van der Waals surface area contributed by atoms with Gasteiger partial charge in [-0.2, -0.15) is 0 Å². The van der Waals surface area contributed by atoms with Gasteiger partial charge in [0.05, 0.1) is 42.7 Å². The van der Waals surface area contributed by atoms with Gasteiger partial charge in [0.2, 0.25) is 0 Å². The molecule has 7 bridgehead atoms. The zero-order valence-electron chi connectivity index (χ0n) is 20.9. The summed E-state index contributed by atoms with van der Waals surface area (Å²) in [5.74, 6) is -1.20. The van der Waals surface area contributed by atoms with Crippen molar-refractivity contribution in [2.24, 2.45) is 34.5 Å². The Kier molecular flexibility index (Phi) is 5.19. The Balaban J connectivity index is 1.66. The summed E-state index contributed by atoms with van der Waals surface area (Å²) < 4.78 is 24.0. The Hall–Kier alpha value is -0.360. The number of ether oxygens (including phenoxy) is 4. The molecule has 0 amide bonds. The number of nitrogens with zero attached hydrogens (tertiary/aromatic N) is 1. The molecule has 9 heteroatoms. The molecule has 0 aromatic rings. The van der Waals surface area contributed by atoms with Crippen molar-refractivity contribution in [2.75, 3.05) is 48.1 Å². The van der Waals surface area contributed by atoms with Crippen LogP contribution in [0, 0.1) is 34.5 Å². The Morgan fingerprint density at radius 1 is 0.912 bits per heavy atom. The number of piperidine rings is 1. The lowest BCUT2D eigenvalue weighted by Crippen LogP contribution is -2.78. The maximum Gasteiger partial charge on any atom is 0.117 e. The first-order chi connectivity index (χ1) is 16.2. The molecular formula is C25H41NO8. The average Bonchev–Trinajstić information content (AvgIpc) is 3.17. The second kappa shape index (κ2) is 7.36. The van der Waals surface area contributed by atoms with Gasteiger partial charge in [0.1, 0.15) is 5.60 Å². The topological polar surface area (TPSA) is 121 Å². The monoisotopic (exact) mass is 483 g/mol. The predicted octanol–water partition coefficient (Wildman–Crippen LogP) is -0.758. The predicted molar refractivity (Wildman–Crippen MR) is 120 cm³/mol. The van der Waals surface area contributed by atoms with Crippen LogP contribution in [0.1, 0.15) is 26.2 Å². The Morgan fingerprint density at radius 3 is 2.21 bits per heavy atom. The van der Waals surface area contributed by atoms with E-state index in [9.17, 15) is 20.4 Å². The van der Waals surface area contributed by atoms with Gasteiger partial charge < -0.3 is 39.4 Å². The molecular weight excluding hydrogens is 442 g/mol. The molecule has 34 heavy (non-hydrogen) atoms. The fourth-order valence-corrected chi connectivity index (χ4v) is 10.9. The third-order valence-corrected chi connectivity index (χ3v) is 11.6. The summed E-state index contributed by atoms with van der Waals surface area (Å²) in [6, 6.07) is -0.0636. The molecule has 1 saturated heterocycles. The average molecular weight is 484 g/mol.